The molecule has 6 nitrogen and oxygen atoms in total. The summed E-state index contributed by atoms with van der Waals surface area (Å²) >= 11 is 3.46. The summed E-state index contributed by atoms with van der Waals surface area (Å²) in [6.45, 7) is 2.52. The van der Waals surface area contributed by atoms with E-state index in [0.717, 1.165) is 21.2 Å². The van der Waals surface area contributed by atoms with Gasteiger partial charge < -0.3 is 15.4 Å². The van der Waals surface area contributed by atoms with Crippen LogP contribution in [-0.2, 0) is 4.79 Å². The summed E-state index contributed by atoms with van der Waals surface area (Å²) in [7, 11) is 0. The number of amides is 1. The number of aromatic nitrogens is 2. The molecule has 0 saturated heterocycles. The van der Waals surface area contributed by atoms with Crippen molar-refractivity contribution in [3.8, 4) is 5.75 Å². The Kier molecular flexibility index (Phi) is 5.45. The molecule has 1 aromatic heterocycles. The highest BCUT2D eigenvalue weighted by Crippen LogP contribution is 2.23. The number of carbonyl (C=O) groups excluding carboxylic acids is 1. The Morgan fingerprint density at radius 2 is 2.08 bits per heavy atom. The van der Waals surface area contributed by atoms with Crippen LogP contribution < -0.4 is 15.4 Å². The smallest absolute Gasteiger partial charge is 0.221 e. The standard InChI is InChI=1S/C18H17BrN4O2/c1-12(24)23-14-3-2-4-15(10-14)25-8-7-20-18-16-9-13(19)5-6-17(16)21-11-22-18/h2-6,9-11H,7-8H2,1H3,(H,23,24)(H,20,21,22). The van der Waals surface area contributed by atoms with Crippen molar-refractivity contribution in [1.82, 2.24) is 9.97 Å². The number of nitrogens with zero attached hydrogens (tertiary/aromatic N) is 2. The van der Waals surface area contributed by atoms with Crippen molar-refractivity contribution in [3.63, 3.8) is 0 Å². The predicted octanol–water partition coefficient (Wildman–Crippen LogP) is 3.84. The van der Waals surface area contributed by atoms with E-state index in [1.807, 2.05) is 36.4 Å². The van der Waals surface area contributed by atoms with Crippen molar-refractivity contribution < 1.29 is 9.53 Å². The highest BCUT2D eigenvalue weighted by atomic mass is 79.9. The third kappa shape index (κ3) is 4.67. The van der Waals surface area contributed by atoms with Crippen molar-refractivity contribution in [3.05, 3.63) is 53.3 Å². The lowest BCUT2D eigenvalue weighted by Crippen LogP contribution is -2.13. The fourth-order valence-corrected chi connectivity index (χ4v) is 2.74. The van der Waals surface area contributed by atoms with E-state index in [4.69, 9.17) is 4.74 Å². The van der Waals surface area contributed by atoms with Crippen LogP contribution in [0.1, 0.15) is 6.92 Å². The number of ether oxygens (including phenoxy) is 1. The Morgan fingerprint density at radius 1 is 1.20 bits per heavy atom. The molecule has 0 saturated carbocycles. The van der Waals surface area contributed by atoms with Crippen LogP contribution in [0, 0.1) is 0 Å². The highest BCUT2D eigenvalue weighted by molar-refractivity contribution is 9.10. The van der Waals surface area contributed by atoms with Crippen LogP contribution in [-0.4, -0.2) is 29.0 Å². The minimum atomic E-state index is -0.111. The number of anilines is 2. The average Bonchev–Trinajstić information content (AvgIpc) is 2.58. The molecule has 3 aromatic rings. The molecule has 25 heavy (non-hydrogen) atoms. The molecule has 0 spiro atoms. The number of benzene rings is 2. The van der Waals surface area contributed by atoms with Gasteiger partial charge in [0.1, 0.15) is 24.5 Å². The van der Waals surface area contributed by atoms with Crippen LogP contribution >= 0.6 is 15.9 Å². The van der Waals surface area contributed by atoms with Gasteiger partial charge in [-0.2, -0.15) is 0 Å². The van der Waals surface area contributed by atoms with E-state index in [9.17, 15) is 4.79 Å². The number of hydrogen-bond acceptors (Lipinski definition) is 5. The Balaban J connectivity index is 1.59. The van der Waals surface area contributed by atoms with Crippen molar-refractivity contribution in [1.29, 1.82) is 0 Å². The number of hydrogen-bond donors (Lipinski definition) is 2. The zero-order valence-corrected chi connectivity index (χ0v) is 15.2. The molecule has 0 unspecified atom stereocenters. The lowest BCUT2D eigenvalue weighted by molar-refractivity contribution is -0.114. The van der Waals surface area contributed by atoms with Crippen LogP contribution in [0.4, 0.5) is 11.5 Å². The predicted molar refractivity (Wildman–Crippen MR) is 102 cm³/mol. The van der Waals surface area contributed by atoms with Gasteiger partial charge in [-0.1, -0.05) is 22.0 Å². The second-order valence-corrected chi connectivity index (χ2v) is 6.28. The minimum Gasteiger partial charge on any atom is -0.492 e. The molecule has 0 aliphatic heterocycles. The van der Waals surface area contributed by atoms with Gasteiger partial charge in [-0.05, 0) is 30.3 Å². The maximum Gasteiger partial charge on any atom is 0.221 e. The quantitative estimate of drug-likeness (QED) is 0.614. The molecule has 0 bridgehead atoms. The third-order valence-electron chi connectivity index (χ3n) is 3.42. The summed E-state index contributed by atoms with van der Waals surface area (Å²) < 4.78 is 6.70. The topological polar surface area (TPSA) is 76.1 Å². The van der Waals surface area contributed by atoms with Gasteiger partial charge in [0.05, 0.1) is 12.1 Å². The van der Waals surface area contributed by atoms with Crippen molar-refractivity contribution in [2.24, 2.45) is 0 Å². The van der Waals surface area contributed by atoms with E-state index in [-0.39, 0.29) is 5.91 Å². The summed E-state index contributed by atoms with van der Waals surface area (Å²) in [6, 6.07) is 13.2. The van der Waals surface area contributed by atoms with Crippen LogP contribution in [0.25, 0.3) is 10.9 Å². The lowest BCUT2D eigenvalue weighted by Gasteiger charge is -2.11. The molecule has 0 aliphatic carbocycles. The first-order chi connectivity index (χ1) is 12.1. The Morgan fingerprint density at radius 3 is 2.92 bits per heavy atom. The summed E-state index contributed by atoms with van der Waals surface area (Å²) in [5, 5.41) is 6.94. The van der Waals surface area contributed by atoms with Crippen molar-refractivity contribution >= 4 is 44.2 Å². The van der Waals surface area contributed by atoms with Gasteiger partial charge >= 0.3 is 0 Å². The molecular weight excluding hydrogens is 384 g/mol. The monoisotopic (exact) mass is 400 g/mol. The lowest BCUT2D eigenvalue weighted by atomic mass is 10.2. The summed E-state index contributed by atoms with van der Waals surface area (Å²) in [5.74, 6) is 1.35. The number of halogens is 1. The van der Waals surface area contributed by atoms with Crippen LogP contribution in [0.5, 0.6) is 5.75 Å². The Hall–Kier alpha value is -2.67. The molecule has 2 aromatic carbocycles. The normalized spacial score (nSPS) is 10.5. The first-order valence-corrected chi connectivity index (χ1v) is 8.56. The van der Waals surface area contributed by atoms with Gasteiger partial charge in [0.15, 0.2) is 0 Å². The zero-order chi connectivity index (χ0) is 17.6. The molecule has 2 N–H and O–H groups in total. The van der Waals surface area contributed by atoms with E-state index in [1.165, 1.54) is 13.3 Å². The molecule has 1 amide bonds. The molecule has 0 fully saturated rings. The number of rotatable bonds is 6. The third-order valence-corrected chi connectivity index (χ3v) is 3.91. The molecule has 3 rings (SSSR count). The number of fused-ring (bicyclic) bond motifs is 1. The highest BCUT2D eigenvalue weighted by Gasteiger charge is 2.04. The Labute approximate surface area is 153 Å². The van der Waals surface area contributed by atoms with Crippen LogP contribution in [0.15, 0.2) is 53.3 Å². The van der Waals surface area contributed by atoms with E-state index >= 15 is 0 Å². The second-order valence-electron chi connectivity index (χ2n) is 5.37. The van der Waals surface area contributed by atoms with Gasteiger partial charge in [0.25, 0.3) is 0 Å². The summed E-state index contributed by atoms with van der Waals surface area (Å²) in [6.07, 6.45) is 1.54. The first-order valence-electron chi connectivity index (χ1n) is 7.76. The van der Waals surface area contributed by atoms with Gasteiger partial charge in [-0.3, -0.25) is 4.79 Å². The summed E-state index contributed by atoms with van der Waals surface area (Å²) in [5.41, 5.74) is 1.59. The largest absolute Gasteiger partial charge is 0.492 e. The van der Waals surface area contributed by atoms with Crippen molar-refractivity contribution in [2.45, 2.75) is 6.92 Å². The fourth-order valence-electron chi connectivity index (χ4n) is 2.37. The van der Waals surface area contributed by atoms with Crippen molar-refractivity contribution in [2.75, 3.05) is 23.8 Å². The average molecular weight is 401 g/mol. The number of carbonyl (C=O) groups is 1. The van der Waals surface area contributed by atoms with E-state index < -0.39 is 0 Å². The molecule has 1 heterocycles. The molecule has 0 atom stereocenters. The van der Waals surface area contributed by atoms with Gasteiger partial charge in [-0.15, -0.1) is 0 Å². The molecule has 7 heteroatoms. The van der Waals surface area contributed by atoms with E-state index in [0.29, 0.717) is 24.6 Å². The molecule has 0 radical (unpaired) electrons. The minimum absolute atomic E-state index is 0.111. The molecular formula is C18H17BrN4O2. The summed E-state index contributed by atoms with van der Waals surface area (Å²) in [4.78, 5) is 19.6. The zero-order valence-electron chi connectivity index (χ0n) is 13.6. The van der Waals surface area contributed by atoms with Crippen LogP contribution in [0.3, 0.4) is 0 Å². The van der Waals surface area contributed by atoms with E-state index in [1.54, 1.807) is 6.07 Å². The van der Waals surface area contributed by atoms with Crippen LogP contribution in [0.2, 0.25) is 0 Å². The van der Waals surface area contributed by atoms with E-state index in [2.05, 4.69) is 36.5 Å². The molecule has 128 valence electrons. The van der Waals surface area contributed by atoms with Gasteiger partial charge in [0, 0.05) is 28.5 Å². The number of nitrogens with one attached hydrogen (secondary N) is 2. The van der Waals surface area contributed by atoms with Gasteiger partial charge in [0.2, 0.25) is 5.91 Å². The van der Waals surface area contributed by atoms with Gasteiger partial charge in [-0.25, -0.2) is 9.97 Å². The first kappa shape index (κ1) is 17.2. The maximum absolute atomic E-state index is 11.1. The Bertz CT molecular complexity index is 901. The SMILES string of the molecule is CC(=O)Nc1cccc(OCCNc2ncnc3ccc(Br)cc23)c1. The maximum atomic E-state index is 11.1. The fraction of sp³-hybridized carbons (Fsp3) is 0.167. The second kappa shape index (κ2) is 7.94. The molecule has 0 aliphatic rings.